The molecule has 0 unspecified atom stereocenters. The van der Waals surface area contributed by atoms with Gasteiger partial charge in [0.1, 0.15) is 0 Å². The van der Waals surface area contributed by atoms with E-state index in [1.165, 1.54) is 44.1 Å². The van der Waals surface area contributed by atoms with Crippen molar-refractivity contribution in [1.29, 1.82) is 0 Å². The molecule has 4 aliphatic carbocycles. The first-order valence-electron chi connectivity index (χ1n) is 9.58. The highest BCUT2D eigenvalue weighted by atomic mass is 16.1. The average Bonchev–Trinajstić information content (AvgIpc) is 2.53. The quantitative estimate of drug-likeness (QED) is 0.797. The Bertz CT molecular complexity index is 607. The number of hydrogen-bond acceptors (Lipinski definition) is 1. The van der Waals surface area contributed by atoms with Crippen LogP contribution in [0.4, 0.5) is 0 Å². The molecular weight excluding hydrogens is 294 g/mol. The molecule has 1 aromatic carbocycles. The van der Waals surface area contributed by atoms with E-state index in [4.69, 9.17) is 0 Å². The van der Waals surface area contributed by atoms with E-state index in [-0.39, 0.29) is 5.91 Å². The molecule has 0 spiro atoms. The van der Waals surface area contributed by atoms with E-state index in [9.17, 15) is 4.79 Å². The summed E-state index contributed by atoms with van der Waals surface area (Å²) in [6, 6.07) is 8.56. The maximum absolute atomic E-state index is 12.4. The van der Waals surface area contributed by atoms with E-state index in [1.54, 1.807) is 6.08 Å². The van der Waals surface area contributed by atoms with E-state index in [2.05, 4.69) is 43.4 Å². The molecule has 1 N–H and O–H groups in total. The Morgan fingerprint density at radius 3 is 2.17 bits per heavy atom. The first-order valence-corrected chi connectivity index (χ1v) is 9.58. The largest absolute Gasteiger partial charge is 0.350 e. The van der Waals surface area contributed by atoms with Crippen molar-refractivity contribution >= 4 is 12.0 Å². The number of benzene rings is 1. The minimum atomic E-state index is 0.0545. The van der Waals surface area contributed by atoms with Crippen LogP contribution >= 0.6 is 0 Å². The fraction of sp³-hybridized carbons (Fsp3) is 0.591. The minimum absolute atomic E-state index is 0.0545. The molecular formula is C22H29NO. The second kappa shape index (κ2) is 6.06. The van der Waals surface area contributed by atoms with Crippen LogP contribution in [-0.2, 0) is 4.79 Å². The third-order valence-corrected chi connectivity index (χ3v) is 6.87. The van der Waals surface area contributed by atoms with Gasteiger partial charge in [-0.1, -0.05) is 29.8 Å². The fourth-order valence-electron chi connectivity index (χ4n) is 5.97. The van der Waals surface area contributed by atoms with Crippen molar-refractivity contribution in [2.24, 2.45) is 23.2 Å². The van der Waals surface area contributed by atoms with Gasteiger partial charge in [-0.15, -0.1) is 0 Å². The molecule has 24 heavy (non-hydrogen) atoms. The van der Waals surface area contributed by atoms with Gasteiger partial charge in [-0.3, -0.25) is 4.79 Å². The van der Waals surface area contributed by atoms with E-state index in [1.807, 2.05) is 6.08 Å². The molecule has 0 saturated heterocycles. The van der Waals surface area contributed by atoms with E-state index in [0.717, 1.165) is 23.3 Å². The zero-order valence-electron chi connectivity index (χ0n) is 14.9. The van der Waals surface area contributed by atoms with Crippen molar-refractivity contribution < 1.29 is 4.79 Å². The van der Waals surface area contributed by atoms with Crippen molar-refractivity contribution in [2.75, 3.05) is 0 Å². The van der Waals surface area contributed by atoms with Crippen molar-refractivity contribution in [1.82, 2.24) is 5.32 Å². The summed E-state index contributed by atoms with van der Waals surface area (Å²) >= 11 is 0. The smallest absolute Gasteiger partial charge is 0.244 e. The Balaban J connectivity index is 1.39. The Kier molecular flexibility index (Phi) is 4.02. The summed E-state index contributed by atoms with van der Waals surface area (Å²) in [6.07, 6.45) is 12.0. The van der Waals surface area contributed by atoms with Crippen LogP contribution in [0.3, 0.4) is 0 Å². The molecule has 4 fully saturated rings. The third kappa shape index (κ3) is 3.03. The monoisotopic (exact) mass is 323 g/mol. The number of aryl methyl sites for hydroxylation is 1. The molecule has 128 valence electrons. The zero-order valence-corrected chi connectivity index (χ0v) is 14.9. The Labute approximate surface area is 145 Å². The summed E-state index contributed by atoms with van der Waals surface area (Å²) in [7, 11) is 0. The predicted octanol–water partition coefficient (Wildman–Crippen LogP) is 4.73. The Morgan fingerprint density at radius 1 is 1.08 bits per heavy atom. The van der Waals surface area contributed by atoms with Crippen LogP contribution in [0.1, 0.15) is 56.6 Å². The maximum atomic E-state index is 12.4. The molecule has 0 aromatic heterocycles. The van der Waals surface area contributed by atoms with Gasteiger partial charge in [-0.25, -0.2) is 0 Å². The second-order valence-corrected chi connectivity index (χ2v) is 8.75. The standard InChI is InChI=1S/C22H29NO/c1-15-3-5-17(6-4-15)7-8-21(24)23-16(2)22-12-18-9-19(13-22)11-20(10-18)14-22/h3-8,16,18-20H,9-14H2,1-2H3,(H,23,24)/b8-7+/t16-,18?,19?,20?,22?/m1/s1. The zero-order chi connectivity index (χ0) is 16.7. The molecule has 0 aliphatic heterocycles. The Hall–Kier alpha value is -1.57. The highest BCUT2D eigenvalue weighted by Gasteiger charge is 2.53. The molecule has 4 bridgehead atoms. The molecule has 1 atom stereocenters. The van der Waals surface area contributed by atoms with Gasteiger partial charge in [0, 0.05) is 12.1 Å². The number of hydrogen-bond donors (Lipinski definition) is 1. The summed E-state index contributed by atoms with van der Waals surface area (Å²) in [4.78, 5) is 12.4. The van der Waals surface area contributed by atoms with Crippen LogP contribution < -0.4 is 5.32 Å². The lowest BCUT2D eigenvalue weighted by Gasteiger charge is -2.59. The molecule has 0 radical (unpaired) electrons. The van der Waals surface area contributed by atoms with Crippen LogP contribution in [0.5, 0.6) is 0 Å². The predicted molar refractivity (Wildman–Crippen MR) is 98.4 cm³/mol. The van der Waals surface area contributed by atoms with Crippen molar-refractivity contribution in [3.63, 3.8) is 0 Å². The summed E-state index contributed by atoms with van der Waals surface area (Å²) in [6.45, 7) is 4.32. The lowest BCUT2D eigenvalue weighted by molar-refractivity contribution is -0.121. The summed E-state index contributed by atoms with van der Waals surface area (Å²) in [5.74, 6) is 2.84. The minimum Gasteiger partial charge on any atom is -0.350 e. The van der Waals surface area contributed by atoms with Gasteiger partial charge in [-0.05, 0) is 87.2 Å². The number of carbonyl (C=O) groups excluding carboxylic acids is 1. The summed E-state index contributed by atoms with van der Waals surface area (Å²) in [5, 5.41) is 3.29. The van der Waals surface area contributed by atoms with Crippen LogP contribution in [0.2, 0.25) is 0 Å². The topological polar surface area (TPSA) is 29.1 Å². The van der Waals surface area contributed by atoms with Gasteiger partial charge >= 0.3 is 0 Å². The average molecular weight is 323 g/mol. The lowest BCUT2D eigenvalue weighted by atomic mass is 9.48. The number of amides is 1. The van der Waals surface area contributed by atoms with Crippen molar-refractivity contribution in [3.8, 4) is 0 Å². The van der Waals surface area contributed by atoms with Crippen LogP contribution in [0.15, 0.2) is 30.3 Å². The molecule has 1 aromatic rings. The van der Waals surface area contributed by atoms with Gasteiger partial charge in [0.05, 0.1) is 0 Å². The maximum Gasteiger partial charge on any atom is 0.244 e. The molecule has 4 aliphatic rings. The van der Waals surface area contributed by atoms with E-state index < -0.39 is 0 Å². The van der Waals surface area contributed by atoms with E-state index >= 15 is 0 Å². The lowest BCUT2D eigenvalue weighted by Crippen LogP contribution is -2.55. The molecule has 5 rings (SSSR count). The van der Waals surface area contributed by atoms with E-state index in [0.29, 0.717) is 11.5 Å². The molecule has 1 amide bonds. The number of rotatable bonds is 4. The van der Waals surface area contributed by atoms with Gasteiger partial charge in [-0.2, -0.15) is 0 Å². The molecule has 2 heteroatoms. The number of nitrogens with one attached hydrogen (secondary N) is 1. The van der Waals surface area contributed by atoms with Crippen molar-refractivity contribution in [2.45, 2.75) is 58.4 Å². The normalized spacial score (nSPS) is 35.3. The van der Waals surface area contributed by atoms with Crippen molar-refractivity contribution in [3.05, 3.63) is 41.5 Å². The SMILES string of the molecule is Cc1ccc(/C=C/C(=O)N[C@H](C)C23CC4CC(CC(C4)C2)C3)cc1. The first-order chi connectivity index (χ1) is 11.5. The fourth-order valence-corrected chi connectivity index (χ4v) is 5.97. The van der Waals surface area contributed by atoms with Gasteiger partial charge < -0.3 is 5.32 Å². The second-order valence-electron chi connectivity index (χ2n) is 8.75. The highest BCUT2D eigenvalue weighted by molar-refractivity contribution is 5.91. The van der Waals surface area contributed by atoms with Crippen LogP contribution in [-0.4, -0.2) is 11.9 Å². The Morgan fingerprint density at radius 2 is 1.62 bits per heavy atom. The highest BCUT2D eigenvalue weighted by Crippen LogP contribution is 2.61. The summed E-state index contributed by atoms with van der Waals surface area (Å²) in [5.41, 5.74) is 2.70. The number of carbonyl (C=O) groups is 1. The van der Waals surface area contributed by atoms with Gasteiger partial charge in [0.2, 0.25) is 5.91 Å². The molecule has 2 nitrogen and oxygen atoms in total. The third-order valence-electron chi connectivity index (χ3n) is 6.87. The summed E-state index contributed by atoms with van der Waals surface area (Å²) < 4.78 is 0. The molecule has 4 saturated carbocycles. The van der Waals surface area contributed by atoms with Gasteiger partial charge in [0.15, 0.2) is 0 Å². The van der Waals surface area contributed by atoms with Crippen LogP contribution in [0.25, 0.3) is 6.08 Å². The first kappa shape index (κ1) is 15.9. The molecule has 0 heterocycles. The van der Waals surface area contributed by atoms with Gasteiger partial charge in [0.25, 0.3) is 0 Å². The van der Waals surface area contributed by atoms with Crippen LogP contribution in [0, 0.1) is 30.1 Å².